The predicted molar refractivity (Wildman–Crippen MR) is 63.8 cm³/mol. The van der Waals surface area contributed by atoms with E-state index in [0.717, 1.165) is 12.8 Å². The van der Waals surface area contributed by atoms with Crippen LogP contribution in [0, 0.1) is 0 Å². The molecule has 0 amide bonds. The van der Waals surface area contributed by atoms with Crippen molar-refractivity contribution in [2.24, 2.45) is 0 Å². The van der Waals surface area contributed by atoms with Crippen LogP contribution in [0.1, 0.15) is 72.6 Å². The van der Waals surface area contributed by atoms with Crippen molar-refractivity contribution in [3.05, 3.63) is 0 Å². The second kappa shape index (κ2) is 15.0. The fraction of sp³-hybridized carbons (Fsp3) is 0.917. The Bertz CT molecular complexity index is 145. The van der Waals surface area contributed by atoms with E-state index >= 15 is 0 Å². The Morgan fingerprint density at radius 3 is 1.73 bits per heavy atom. The molecule has 0 saturated carbocycles. The second-order valence-electron chi connectivity index (χ2n) is 3.93. The molecule has 1 nitrogen and oxygen atoms in total. The summed E-state index contributed by atoms with van der Waals surface area (Å²) in [6, 6.07) is 0. The first kappa shape index (κ1) is 18.3. The zero-order chi connectivity index (χ0) is 10.6. The Hall–Kier alpha value is 0.960. The zero-order valence-corrected chi connectivity index (χ0v) is 13.1. The maximum absolute atomic E-state index is 10.4. The largest absolute Gasteiger partial charge is 1.00 e. The topological polar surface area (TPSA) is 17.1 Å². The fourth-order valence-corrected chi connectivity index (χ4v) is 1.71. The summed E-state index contributed by atoms with van der Waals surface area (Å²) < 4.78 is 0. The monoisotopic (exact) mass is 242 g/mol. The summed E-state index contributed by atoms with van der Waals surface area (Å²) in [5.41, 5.74) is 0. The minimum atomic E-state index is -0.187. The molecule has 15 heavy (non-hydrogen) atoms. The van der Waals surface area contributed by atoms with Gasteiger partial charge in [0.05, 0.1) is 0 Å². The number of unbranched alkanes of at least 4 members (excludes halogenated alkanes) is 8. The maximum Gasteiger partial charge on any atom is 1.00 e. The van der Waals surface area contributed by atoms with E-state index in [0.29, 0.717) is 6.42 Å². The number of halogens is 1. The molecule has 0 N–H and O–H groups in total. The molecule has 0 aliphatic rings. The van der Waals surface area contributed by atoms with Gasteiger partial charge in [0.2, 0.25) is 5.24 Å². The molecule has 3 heteroatoms. The van der Waals surface area contributed by atoms with Gasteiger partial charge >= 0.3 is 29.6 Å². The van der Waals surface area contributed by atoms with Crippen LogP contribution in [0.2, 0.25) is 0 Å². The average molecular weight is 243 g/mol. The van der Waals surface area contributed by atoms with Gasteiger partial charge in [-0.25, -0.2) is 0 Å². The number of rotatable bonds is 10. The maximum atomic E-state index is 10.4. The van der Waals surface area contributed by atoms with Gasteiger partial charge in [-0.05, 0) is 18.0 Å². The molecule has 0 bridgehead atoms. The first-order chi connectivity index (χ1) is 6.77. The third-order valence-electron chi connectivity index (χ3n) is 2.48. The molecule has 0 aromatic carbocycles. The van der Waals surface area contributed by atoms with Crippen LogP contribution >= 0.6 is 11.6 Å². The van der Waals surface area contributed by atoms with Crippen LogP contribution < -0.4 is 29.6 Å². The van der Waals surface area contributed by atoms with Gasteiger partial charge in [-0.1, -0.05) is 58.3 Å². The third kappa shape index (κ3) is 17.6. The van der Waals surface area contributed by atoms with Crippen molar-refractivity contribution in [1.82, 2.24) is 0 Å². The van der Waals surface area contributed by atoms with Gasteiger partial charge in [0.25, 0.3) is 0 Å². The van der Waals surface area contributed by atoms with Crippen LogP contribution in [0.4, 0.5) is 0 Å². The van der Waals surface area contributed by atoms with E-state index in [1.54, 1.807) is 0 Å². The molecule has 0 radical (unpaired) electrons. The second-order valence-corrected chi connectivity index (χ2v) is 4.36. The quantitative estimate of drug-likeness (QED) is 0.324. The Labute approximate surface area is 123 Å². The molecule has 0 aromatic heterocycles. The van der Waals surface area contributed by atoms with Crippen molar-refractivity contribution < 1.29 is 35.8 Å². The molecule has 0 saturated heterocycles. The zero-order valence-electron chi connectivity index (χ0n) is 11.4. The van der Waals surface area contributed by atoms with Crippen molar-refractivity contribution in [1.29, 1.82) is 0 Å². The van der Waals surface area contributed by atoms with Gasteiger partial charge in [0, 0.05) is 6.42 Å². The Kier molecular flexibility index (Phi) is 18.3. The first-order valence-electron chi connectivity index (χ1n) is 5.95. The van der Waals surface area contributed by atoms with Gasteiger partial charge in [0.15, 0.2) is 0 Å². The molecule has 0 unspecified atom stereocenters. The van der Waals surface area contributed by atoms with Gasteiger partial charge in [0.1, 0.15) is 0 Å². The van der Waals surface area contributed by atoms with Crippen LogP contribution in [0.15, 0.2) is 0 Å². The summed E-state index contributed by atoms with van der Waals surface area (Å²) in [6.07, 6.45) is 12.1. The molecule has 86 valence electrons. The van der Waals surface area contributed by atoms with E-state index in [1.807, 2.05) is 0 Å². The van der Waals surface area contributed by atoms with Crippen LogP contribution in [-0.2, 0) is 4.79 Å². The normalized spacial score (nSPS) is 9.73. The summed E-state index contributed by atoms with van der Waals surface area (Å²) in [5.74, 6) is 0. The minimum Gasteiger partial charge on any atom is -1.00 e. The Morgan fingerprint density at radius 1 is 0.933 bits per heavy atom. The molecule has 0 rings (SSSR count). The number of hydrogen-bond acceptors (Lipinski definition) is 1. The molecule has 0 aromatic rings. The number of carbonyl (C=O) groups excluding carboxylic acids is 1. The summed E-state index contributed by atoms with van der Waals surface area (Å²) in [4.78, 5) is 10.4. The standard InChI is InChI=1S/C12H23ClO.Na.H/c1-2-3-4-5-6-7-8-9-10-11-12(13)14;;/h2-11H2,1H3;;/q;+1;-1. The van der Waals surface area contributed by atoms with Crippen LogP contribution in [0.5, 0.6) is 0 Å². The van der Waals surface area contributed by atoms with Crippen LogP contribution in [-0.4, -0.2) is 5.24 Å². The van der Waals surface area contributed by atoms with Crippen LogP contribution in [0.3, 0.4) is 0 Å². The van der Waals surface area contributed by atoms with Crippen molar-refractivity contribution in [2.45, 2.75) is 71.1 Å². The van der Waals surface area contributed by atoms with E-state index < -0.39 is 0 Å². The first-order valence-corrected chi connectivity index (χ1v) is 6.33. The van der Waals surface area contributed by atoms with Gasteiger partial charge in [-0.3, -0.25) is 4.79 Å². The van der Waals surface area contributed by atoms with Crippen LogP contribution in [0.25, 0.3) is 0 Å². The van der Waals surface area contributed by atoms with Crippen molar-refractivity contribution in [2.75, 3.05) is 0 Å². The SMILES string of the molecule is CCCCCCCCCCCC(=O)Cl.[H-].[Na+]. The molecule has 0 spiro atoms. The molecule has 0 heterocycles. The van der Waals surface area contributed by atoms with E-state index in [2.05, 4.69) is 6.92 Å². The van der Waals surface area contributed by atoms with Crippen molar-refractivity contribution in [3.8, 4) is 0 Å². The van der Waals surface area contributed by atoms with Crippen molar-refractivity contribution >= 4 is 16.8 Å². The van der Waals surface area contributed by atoms with Crippen molar-refractivity contribution in [3.63, 3.8) is 0 Å². The molecule has 0 atom stereocenters. The predicted octanol–water partition coefficient (Wildman–Crippen LogP) is 1.79. The smallest absolute Gasteiger partial charge is 1.00 e. The number of hydrogen-bond donors (Lipinski definition) is 0. The summed E-state index contributed by atoms with van der Waals surface area (Å²) in [5, 5.41) is -0.187. The molecular weight excluding hydrogens is 219 g/mol. The third-order valence-corrected chi connectivity index (χ3v) is 2.67. The Morgan fingerprint density at radius 2 is 1.33 bits per heavy atom. The van der Waals surface area contributed by atoms with Gasteiger partial charge in [-0.2, -0.15) is 0 Å². The van der Waals surface area contributed by atoms with Gasteiger partial charge < -0.3 is 1.43 Å². The summed E-state index contributed by atoms with van der Waals surface area (Å²) in [7, 11) is 0. The number of carbonyl (C=O) groups is 1. The fourth-order valence-electron chi connectivity index (χ4n) is 1.57. The average Bonchev–Trinajstić information content (AvgIpc) is 2.15. The van der Waals surface area contributed by atoms with E-state index in [9.17, 15) is 4.79 Å². The van der Waals surface area contributed by atoms with E-state index in [-0.39, 0.29) is 36.2 Å². The molecule has 0 aliphatic heterocycles. The minimum absolute atomic E-state index is 0. The molecule has 0 fully saturated rings. The molecule has 0 aliphatic carbocycles. The summed E-state index contributed by atoms with van der Waals surface area (Å²) in [6.45, 7) is 2.24. The Balaban J connectivity index is -0.000000845. The van der Waals surface area contributed by atoms with Gasteiger partial charge in [-0.15, -0.1) is 0 Å². The van der Waals surface area contributed by atoms with E-state index in [1.165, 1.54) is 44.9 Å². The van der Waals surface area contributed by atoms with E-state index in [4.69, 9.17) is 11.6 Å². The molecular formula is C12H24ClNaO. The summed E-state index contributed by atoms with van der Waals surface area (Å²) >= 11 is 5.24.